The Morgan fingerprint density at radius 2 is 2.25 bits per heavy atom. The Morgan fingerprint density at radius 3 is 2.90 bits per heavy atom. The van der Waals surface area contributed by atoms with Crippen LogP contribution in [0.1, 0.15) is 41.9 Å². The van der Waals surface area contributed by atoms with Crippen LogP contribution >= 0.6 is 11.3 Å². The van der Waals surface area contributed by atoms with E-state index < -0.39 is 0 Å². The highest BCUT2D eigenvalue weighted by Crippen LogP contribution is 2.34. The van der Waals surface area contributed by atoms with Crippen LogP contribution in [0.25, 0.3) is 10.1 Å². The quantitative estimate of drug-likeness (QED) is 0.887. The van der Waals surface area contributed by atoms with Crippen LogP contribution in [0.5, 0.6) is 0 Å². The van der Waals surface area contributed by atoms with E-state index in [1.54, 1.807) is 12.4 Å². The number of anilines is 1. The zero-order valence-corrected chi connectivity index (χ0v) is 13.0. The van der Waals surface area contributed by atoms with E-state index >= 15 is 0 Å². The van der Waals surface area contributed by atoms with Crippen LogP contribution < -0.4 is 11.1 Å². The molecule has 1 atom stereocenters. The lowest BCUT2D eigenvalue weighted by Gasteiger charge is -2.10. The first kappa shape index (κ1) is 14.8. The van der Waals surface area contributed by atoms with Crippen molar-refractivity contribution in [1.82, 2.24) is 10.3 Å². The van der Waals surface area contributed by atoms with Crippen molar-refractivity contribution in [3.8, 4) is 0 Å². The lowest BCUT2D eigenvalue weighted by Crippen LogP contribution is -2.28. The van der Waals surface area contributed by atoms with Gasteiger partial charge >= 0.3 is 0 Å². The summed E-state index contributed by atoms with van der Waals surface area (Å²) in [6.07, 6.45) is 5.79. The third-order valence-corrected chi connectivity index (χ3v) is 4.56. The summed E-state index contributed by atoms with van der Waals surface area (Å²) in [7, 11) is 0. The fourth-order valence-electron chi connectivity index (χ4n) is 2.35. The minimum atomic E-state index is -0.0777. The van der Waals surface area contributed by atoms with Gasteiger partial charge in [0, 0.05) is 24.3 Å². The molecule has 1 amide bonds. The van der Waals surface area contributed by atoms with Gasteiger partial charge in [0.1, 0.15) is 4.88 Å². The summed E-state index contributed by atoms with van der Waals surface area (Å²) >= 11 is 1.41. The average molecular weight is 291 g/mol. The molecule has 0 saturated carbocycles. The van der Waals surface area contributed by atoms with E-state index in [-0.39, 0.29) is 5.91 Å². The van der Waals surface area contributed by atoms with Gasteiger partial charge in [0.15, 0.2) is 0 Å². The number of nitrogens with one attached hydrogen (secondary N) is 1. The first-order valence-electron chi connectivity index (χ1n) is 6.95. The molecule has 0 spiro atoms. The van der Waals surface area contributed by atoms with Gasteiger partial charge in [0.2, 0.25) is 0 Å². The number of hydrogen-bond acceptors (Lipinski definition) is 4. The monoisotopic (exact) mass is 291 g/mol. The number of amides is 1. The highest BCUT2D eigenvalue weighted by Gasteiger charge is 2.18. The standard InChI is InChI=1S/C15H21N3OS/c1-4-5-9(2)6-18-15(19)14-13(16)12-10(3)7-17-8-11(12)20-14/h7-9H,4-6,16H2,1-3H3,(H,18,19). The van der Waals surface area contributed by atoms with Crippen molar-refractivity contribution in [2.75, 3.05) is 12.3 Å². The molecule has 0 bridgehead atoms. The fourth-order valence-corrected chi connectivity index (χ4v) is 3.44. The summed E-state index contributed by atoms with van der Waals surface area (Å²) in [6, 6.07) is 0. The van der Waals surface area contributed by atoms with Crippen LogP contribution in [0, 0.1) is 12.8 Å². The summed E-state index contributed by atoms with van der Waals surface area (Å²) in [5.74, 6) is 0.411. The van der Waals surface area contributed by atoms with Crippen molar-refractivity contribution in [1.29, 1.82) is 0 Å². The molecule has 2 aromatic heterocycles. The first-order chi connectivity index (χ1) is 9.54. The van der Waals surface area contributed by atoms with Crippen LogP contribution in [0.4, 0.5) is 5.69 Å². The number of nitrogen functional groups attached to an aromatic ring is 1. The van der Waals surface area contributed by atoms with Gasteiger partial charge in [0.25, 0.3) is 5.91 Å². The van der Waals surface area contributed by atoms with Crippen molar-refractivity contribution in [3.05, 3.63) is 22.8 Å². The molecule has 1 unspecified atom stereocenters. The number of aryl methyl sites for hydroxylation is 1. The van der Waals surface area contributed by atoms with Crippen LogP contribution in [0.2, 0.25) is 0 Å². The minimum Gasteiger partial charge on any atom is -0.397 e. The van der Waals surface area contributed by atoms with Gasteiger partial charge in [-0.1, -0.05) is 20.3 Å². The van der Waals surface area contributed by atoms with Gasteiger partial charge in [-0.25, -0.2) is 0 Å². The van der Waals surface area contributed by atoms with E-state index in [1.165, 1.54) is 11.3 Å². The topological polar surface area (TPSA) is 68.0 Å². The highest BCUT2D eigenvalue weighted by molar-refractivity contribution is 7.21. The maximum atomic E-state index is 12.3. The molecule has 0 aliphatic heterocycles. The molecule has 0 saturated heterocycles. The molecule has 0 aliphatic rings. The Hall–Kier alpha value is -1.62. The van der Waals surface area contributed by atoms with E-state index in [1.807, 2.05) is 6.92 Å². The molecule has 2 heterocycles. The van der Waals surface area contributed by atoms with E-state index in [0.29, 0.717) is 23.0 Å². The zero-order valence-electron chi connectivity index (χ0n) is 12.2. The lowest BCUT2D eigenvalue weighted by molar-refractivity contribution is 0.0952. The Kier molecular flexibility index (Phi) is 4.60. The fraction of sp³-hybridized carbons (Fsp3) is 0.467. The van der Waals surface area contributed by atoms with Crippen molar-refractivity contribution in [3.63, 3.8) is 0 Å². The highest BCUT2D eigenvalue weighted by atomic mass is 32.1. The molecule has 5 heteroatoms. The third-order valence-electron chi connectivity index (χ3n) is 3.43. The molecule has 0 aliphatic carbocycles. The maximum Gasteiger partial charge on any atom is 0.263 e. The van der Waals surface area contributed by atoms with E-state index in [0.717, 1.165) is 28.5 Å². The molecular formula is C15H21N3OS. The first-order valence-corrected chi connectivity index (χ1v) is 7.77. The van der Waals surface area contributed by atoms with Gasteiger partial charge in [-0.3, -0.25) is 9.78 Å². The number of carbonyl (C=O) groups excluding carboxylic acids is 1. The predicted molar refractivity (Wildman–Crippen MR) is 85.2 cm³/mol. The smallest absolute Gasteiger partial charge is 0.263 e. The summed E-state index contributed by atoms with van der Waals surface area (Å²) < 4.78 is 0.967. The maximum absolute atomic E-state index is 12.3. The second-order valence-corrected chi connectivity index (χ2v) is 6.33. The van der Waals surface area contributed by atoms with Crippen LogP contribution in [-0.2, 0) is 0 Å². The molecule has 0 fully saturated rings. The Bertz CT molecular complexity index is 621. The third kappa shape index (κ3) is 2.93. The lowest BCUT2D eigenvalue weighted by atomic mass is 10.1. The van der Waals surface area contributed by atoms with Gasteiger partial charge in [0.05, 0.1) is 10.4 Å². The number of nitrogens with zero attached hydrogens (tertiary/aromatic N) is 1. The number of aromatic nitrogens is 1. The molecule has 0 radical (unpaired) electrons. The number of carbonyl (C=O) groups is 1. The number of rotatable bonds is 5. The molecule has 2 aromatic rings. The van der Waals surface area contributed by atoms with Gasteiger partial charge in [-0.15, -0.1) is 11.3 Å². The second kappa shape index (κ2) is 6.22. The number of fused-ring (bicyclic) bond motifs is 1. The van der Waals surface area contributed by atoms with Crippen molar-refractivity contribution >= 4 is 33.0 Å². The summed E-state index contributed by atoms with van der Waals surface area (Å²) in [4.78, 5) is 17.0. The van der Waals surface area contributed by atoms with E-state index in [9.17, 15) is 4.79 Å². The Balaban J connectivity index is 2.19. The minimum absolute atomic E-state index is 0.0777. The molecule has 4 nitrogen and oxygen atoms in total. The Morgan fingerprint density at radius 1 is 1.50 bits per heavy atom. The van der Waals surface area contributed by atoms with Crippen LogP contribution in [0.3, 0.4) is 0 Å². The largest absolute Gasteiger partial charge is 0.397 e. The van der Waals surface area contributed by atoms with Gasteiger partial charge in [-0.05, 0) is 24.8 Å². The van der Waals surface area contributed by atoms with Crippen LogP contribution in [-0.4, -0.2) is 17.4 Å². The summed E-state index contributed by atoms with van der Waals surface area (Å²) in [5, 5.41) is 3.93. The molecular weight excluding hydrogens is 270 g/mol. The predicted octanol–water partition coefficient (Wildman–Crippen LogP) is 3.35. The molecule has 108 valence electrons. The zero-order chi connectivity index (χ0) is 14.7. The molecule has 20 heavy (non-hydrogen) atoms. The van der Waals surface area contributed by atoms with E-state index in [2.05, 4.69) is 24.1 Å². The molecule has 0 aromatic carbocycles. The molecule has 2 rings (SSSR count). The number of nitrogens with two attached hydrogens (primary N) is 1. The van der Waals surface area contributed by atoms with Gasteiger partial charge < -0.3 is 11.1 Å². The number of hydrogen-bond donors (Lipinski definition) is 2. The normalized spacial score (nSPS) is 12.6. The number of pyridine rings is 1. The second-order valence-electron chi connectivity index (χ2n) is 5.28. The van der Waals surface area contributed by atoms with E-state index in [4.69, 9.17) is 5.73 Å². The Labute approximate surface area is 123 Å². The van der Waals surface area contributed by atoms with Crippen molar-refractivity contribution in [2.24, 2.45) is 5.92 Å². The van der Waals surface area contributed by atoms with Crippen molar-refractivity contribution < 1.29 is 4.79 Å². The summed E-state index contributed by atoms with van der Waals surface area (Å²) in [6.45, 7) is 6.95. The molecule has 3 N–H and O–H groups in total. The SMILES string of the molecule is CCCC(C)CNC(=O)c1sc2cncc(C)c2c1N. The summed E-state index contributed by atoms with van der Waals surface area (Å²) in [5.41, 5.74) is 7.71. The van der Waals surface area contributed by atoms with Crippen LogP contribution in [0.15, 0.2) is 12.4 Å². The number of thiophene rings is 1. The van der Waals surface area contributed by atoms with Crippen molar-refractivity contribution in [2.45, 2.75) is 33.6 Å². The van der Waals surface area contributed by atoms with Gasteiger partial charge in [-0.2, -0.15) is 0 Å². The average Bonchev–Trinajstić information content (AvgIpc) is 2.75.